The molecule has 2 aliphatic rings. The van der Waals surface area contributed by atoms with Crippen molar-refractivity contribution in [3.63, 3.8) is 0 Å². The smallest absolute Gasteiger partial charge is 0.253 e. The first-order valence-electron chi connectivity index (χ1n) is 10.2. The second-order valence-electron chi connectivity index (χ2n) is 7.79. The Labute approximate surface area is 169 Å². The van der Waals surface area contributed by atoms with Crippen molar-refractivity contribution in [2.24, 2.45) is 0 Å². The Balaban J connectivity index is 1.27. The third-order valence-electron chi connectivity index (χ3n) is 5.92. The van der Waals surface area contributed by atoms with Gasteiger partial charge >= 0.3 is 0 Å². The van der Waals surface area contributed by atoms with Crippen LogP contribution in [0.25, 0.3) is 11.1 Å². The Morgan fingerprint density at radius 1 is 1.03 bits per heavy atom. The van der Waals surface area contributed by atoms with E-state index in [1.807, 2.05) is 53.4 Å². The number of hydrogen-bond acceptors (Lipinski definition) is 4. The predicted octanol–water partition coefficient (Wildman–Crippen LogP) is 3.97. The van der Waals surface area contributed by atoms with Crippen molar-refractivity contribution in [3.8, 4) is 0 Å². The van der Waals surface area contributed by atoms with Gasteiger partial charge in [0.2, 0.25) is 5.91 Å². The number of amides is 2. The summed E-state index contributed by atoms with van der Waals surface area (Å²) in [6, 6.07) is 15.2. The van der Waals surface area contributed by atoms with E-state index in [4.69, 9.17) is 4.42 Å². The number of aromatic nitrogens is 1. The molecule has 3 aromatic rings. The van der Waals surface area contributed by atoms with Gasteiger partial charge in [-0.1, -0.05) is 18.2 Å². The summed E-state index contributed by atoms with van der Waals surface area (Å²) in [5.74, 6) is 1.16. The van der Waals surface area contributed by atoms with E-state index < -0.39 is 0 Å². The number of piperidine rings is 1. The summed E-state index contributed by atoms with van der Waals surface area (Å²) in [7, 11) is 0. The highest BCUT2D eigenvalue weighted by Gasteiger charge is 2.28. The van der Waals surface area contributed by atoms with E-state index in [2.05, 4.69) is 4.98 Å². The van der Waals surface area contributed by atoms with Crippen molar-refractivity contribution in [2.45, 2.75) is 31.6 Å². The Kier molecular flexibility index (Phi) is 4.54. The number of fused-ring (bicyclic) bond motifs is 1. The largest absolute Gasteiger partial charge is 0.440 e. The fourth-order valence-corrected chi connectivity index (χ4v) is 4.30. The summed E-state index contributed by atoms with van der Waals surface area (Å²) < 4.78 is 5.92. The van der Waals surface area contributed by atoms with Crippen LogP contribution >= 0.6 is 0 Å². The fourth-order valence-electron chi connectivity index (χ4n) is 4.30. The van der Waals surface area contributed by atoms with Crippen molar-refractivity contribution in [1.29, 1.82) is 0 Å². The normalized spacial score (nSPS) is 18.0. The molecule has 0 aliphatic carbocycles. The van der Waals surface area contributed by atoms with Crippen LogP contribution in [0.1, 0.15) is 47.8 Å². The lowest BCUT2D eigenvalue weighted by molar-refractivity contribution is -0.117. The van der Waals surface area contributed by atoms with Gasteiger partial charge < -0.3 is 14.2 Å². The van der Waals surface area contributed by atoms with E-state index in [0.717, 1.165) is 48.5 Å². The molecule has 0 N–H and O–H groups in total. The molecule has 6 heteroatoms. The summed E-state index contributed by atoms with van der Waals surface area (Å²) in [6.45, 7) is 2.08. The standard InChI is InChI=1S/C23H23N3O3/c27-21-9-4-12-26(21)18-6-3-5-17(15-18)23(28)25-13-10-16(11-14-25)22-24-19-7-1-2-8-20(19)29-22/h1-3,5-8,15-16H,4,9-14H2. The average Bonchev–Trinajstić information content (AvgIpc) is 3.39. The lowest BCUT2D eigenvalue weighted by Gasteiger charge is -2.31. The minimum atomic E-state index is 0.0227. The molecule has 3 heterocycles. The molecule has 2 saturated heterocycles. The number of oxazole rings is 1. The molecule has 29 heavy (non-hydrogen) atoms. The van der Waals surface area contributed by atoms with E-state index in [9.17, 15) is 9.59 Å². The van der Waals surface area contributed by atoms with Crippen LogP contribution in [0, 0.1) is 0 Å². The molecule has 2 aromatic carbocycles. The van der Waals surface area contributed by atoms with E-state index in [-0.39, 0.29) is 17.7 Å². The summed E-state index contributed by atoms with van der Waals surface area (Å²) in [5.41, 5.74) is 3.16. The molecule has 148 valence electrons. The van der Waals surface area contributed by atoms with Gasteiger partial charge in [-0.3, -0.25) is 9.59 Å². The van der Waals surface area contributed by atoms with Crippen LogP contribution in [-0.2, 0) is 4.79 Å². The molecule has 2 amide bonds. The number of carbonyl (C=O) groups is 2. The van der Waals surface area contributed by atoms with Crippen LogP contribution in [0.2, 0.25) is 0 Å². The van der Waals surface area contributed by atoms with Crippen LogP contribution in [0.3, 0.4) is 0 Å². The summed E-state index contributed by atoms with van der Waals surface area (Å²) in [4.78, 5) is 33.3. The summed E-state index contributed by atoms with van der Waals surface area (Å²) >= 11 is 0. The minimum Gasteiger partial charge on any atom is -0.440 e. The number of carbonyl (C=O) groups excluding carboxylic acids is 2. The molecule has 2 aliphatic heterocycles. The topological polar surface area (TPSA) is 66.7 Å². The SMILES string of the molecule is O=C(c1cccc(N2CCCC2=O)c1)N1CCC(c2nc3ccccc3o2)CC1. The minimum absolute atomic E-state index is 0.0227. The maximum atomic E-state index is 13.0. The molecule has 0 saturated carbocycles. The quantitative estimate of drug-likeness (QED) is 0.680. The monoisotopic (exact) mass is 389 g/mol. The lowest BCUT2D eigenvalue weighted by Crippen LogP contribution is -2.38. The van der Waals surface area contributed by atoms with Crippen LogP contribution in [-0.4, -0.2) is 41.3 Å². The number of nitrogens with zero attached hydrogens (tertiary/aromatic N) is 3. The van der Waals surface area contributed by atoms with Crippen molar-refractivity contribution in [3.05, 3.63) is 60.0 Å². The first kappa shape index (κ1) is 17.9. The van der Waals surface area contributed by atoms with Crippen molar-refractivity contribution in [1.82, 2.24) is 9.88 Å². The van der Waals surface area contributed by atoms with E-state index in [1.165, 1.54) is 0 Å². The third-order valence-corrected chi connectivity index (χ3v) is 5.92. The number of benzene rings is 2. The van der Waals surface area contributed by atoms with Gasteiger partial charge in [0.1, 0.15) is 5.52 Å². The number of likely N-dealkylation sites (tertiary alicyclic amines) is 1. The van der Waals surface area contributed by atoms with Gasteiger partial charge in [0.15, 0.2) is 11.5 Å². The molecule has 1 aromatic heterocycles. The molecule has 0 unspecified atom stereocenters. The summed E-state index contributed by atoms with van der Waals surface area (Å²) in [5, 5.41) is 0. The third kappa shape index (κ3) is 3.39. The van der Waals surface area contributed by atoms with Crippen LogP contribution in [0.4, 0.5) is 5.69 Å². The highest BCUT2D eigenvalue weighted by molar-refractivity contribution is 5.99. The van der Waals surface area contributed by atoms with Gasteiger partial charge in [-0.15, -0.1) is 0 Å². The average molecular weight is 389 g/mol. The maximum Gasteiger partial charge on any atom is 0.253 e. The molecule has 0 spiro atoms. The van der Waals surface area contributed by atoms with E-state index >= 15 is 0 Å². The van der Waals surface area contributed by atoms with E-state index in [0.29, 0.717) is 25.1 Å². The van der Waals surface area contributed by atoms with Gasteiger partial charge in [-0.2, -0.15) is 0 Å². The molecular formula is C23H23N3O3. The zero-order valence-electron chi connectivity index (χ0n) is 16.2. The van der Waals surface area contributed by atoms with Gasteiger partial charge in [0.05, 0.1) is 0 Å². The lowest BCUT2D eigenvalue weighted by atomic mass is 9.96. The van der Waals surface area contributed by atoms with Crippen molar-refractivity contribution in [2.75, 3.05) is 24.5 Å². The Morgan fingerprint density at radius 2 is 1.86 bits per heavy atom. The Hall–Kier alpha value is -3.15. The number of hydrogen-bond donors (Lipinski definition) is 0. The molecule has 0 bridgehead atoms. The van der Waals surface area contributed by atoms with Crippen LogP contribution < -0.4 is 4.90 Å². The van der Waals surface area contributed by atoms with Gasteiger partial charge in [0, 0.05) is 43.2 Å². The second kappa shape index (κ2) is 7.35. The zero-order valence-corrected chi connectivity index (χ0v) is 16.2. The van der Waals surface area contributed by atoms with Gasteiger partial charge in [-0.05, 0) is 49.6 Å². The molecule has 2 fully saturated rings. The number of anilines is 1. The van der Waals surface area contributed by atoms with Crippen LogP contribution in [0.5, 0.6) is 0 Å². The highest BCUT2D eigenvalue weighted by Crippen LogP contribution is 2.31. The predicted molar refractivity (Wildman–Crippen MR) is 110 cm³/mol. The highest BCUT2D eigenvalue weighted by atomic mass is 16.3. The molecule has 0 radical (unpaired) electrons. The first-order chi connectivity index (χ1) is 14.2. The van der Waals surface area contributed by atoms with Crippen molar-refractivity contribution >= 4 is 28.6 Å². The van der Waals surface area contributed by atoms with Crippen molar-refractivity contribution < 1.29 is 14.0 Å². The van der Waals surface area contributed by atoms with Crippen LogP contribution in [0.15, 0.2) is 52.9 Å². The molecule has 0 atom stereocenters. The fraction of sp³-hybridized carbons (Fsp3) is 0.348. The number of rotatable bonds is 3. The molecular weight excluding hydrogens is 366 g/mol. The molecule has 6 nitrogen and oxygen atoms in total. The van der Waals surface area contributed by atoms with Gasteiger partial charge in [0.25, 0.3) is 5.91 Å². The molecule has 5 rings (SSSR count). The second-order valence-corrected chi connectivity index (χ2v) is 7.79. The summed E-state index contributed by atoms with van der Waals surface area (Å²) in [6.07, 6.45) is 3.13. The Bertz CT molecular complexity index is 1030. The van der Waals surface area contributed by atoms with E-state index in [1.54, 1.807) is 4.90 Å². The number of para-hydroxylation sites is 2. The maximum absolute atomic E-state index is 13.0. The van der Waals surface area contributed by atoms with Gasteiger partial charge in [-0.25, -0.2) is 4.98 Å². The zero-order chi connectivity index (χ0) is 19.8. The Morgan fingerprint density at radius 3 is 2.62 bits per heavy atom. The first-order valence-corrected chi connectivity index (χ1v) is 10.2.